The Kier molecular flexibility index (Phi) is 9.46. The molecule has 0 aromatic rings. The first-order chi connectivity index (χ1) is 9.77. The summed E-state index contributed by atoms with van der Waals surface area (Å²) in [6.07, 6.45) is 9.11. The topological polar surface area (TPSA) is 39.7 Å². The molecule has 0 aromatic heterocycles. The van der Waals surface area contributed by atoms with Crippen molar-refractivity contribution >= 4 is 5.96 Å². The van der Waals surface area contributed by atoms with Gasteiger partial charge < -0.3 is 15.5 Å². The lowest BCUT2D eigenvalue weighted by molar-refractivity contribution is 0.158. The molecule has 1 heterocycles. The minimum Gasteiger partial charge on any atom is -0.356 e. The fourth-order valence-corrected chi connectivity index (χ4v) is 2.74. The van der Waals surface area contributed by atoms with Crippen molar-refractivity contribution in [2.75, 3.05) is 33.2 Å². The molecule has 4 nitrogen and oxygen atoms in total. The van der Waals surface area contributed by atoms with Crippen molar-refractivity contribution in [2.24, 2.45) is 4.99 Å². The lowest BCUT2D eigenvalue weighted by atomic mass is 10.0. The van der Waals surface area contributed by atoms with Crippen LogP contribution in [-0.2, 0) is 0 Å². The predicted molar refractivity (Wildman–Crippen MR) is 88.4 cm³/mol. The van der Waals surface area contributed by atoms with Crippen LogP contribution in [0.1, 0.15) is 58.8 Å². The van der Waals surface area contributed by atoms with Crippen LogP contribution in [0.3, 0.4) is 0 Å². The summed E-state index contributed by atoms with van der Waals surface area (Å²) in [7, 11) is 1.84. The van der Waals surface area contributed by atoms with Crippen LogP contribution in [0.25, 0.3) is 0 Å². The van der Waals surface area contributed by atoms with E-state index in [0.717, 1.165) is 25.1 Å². The van der Waals surface area contributed by atoms with Gasteiger partial charge in [-0.3, -0.25) is 4.99 Å². The Morgan fingerprint density at radius 3 is 2.55 bits per heavy atom. The molecular formula is C16H34N4. The molecule has 0 amide bonds. The van der Waals surface area contributed by atoms with E-state index in [1.807, 2.05) is 7.05 Å². The molecule has 1 aliphatic heterocycles. The van der Waals surface area contributed by atoms with Gasteiger partial charge in [-0.05, 0) is 52.1 Å². The molecule has 20 heavy (non-hydrogen) atoms. The number of hydrogen-bond donors (Lipinski definition) is 2. The summed E-state index contributed by atoms with van der Waals surface area (Å²) in [5.74, 6) is 0.949. The first-order valence-corrected chi connectivity index (χ1v) is 8.46. The molecule has 0 radical (unpaired) electrons. The van der Waals surface area contributed by atoms with Crippen molar-refractivity contribution in [2.45, 2.75) is 64.8 Å². The van der Waals surface area contributed by atoms with E-state index < -0.39 is 0 Å². The van der Waals surface area contributed by atoms with Gasteiger partial charge >= 0.3 is 0 Å². The number of likely N-dealkylation sites (tertiary alicyclic amines) is 1. The van der Waals surface area contributed by atoms with Crippen molar-refractivity contribution < 1.29 is 0 Å². The molecule has 0 bridgehead atoms. The number of nitrogens with one attached hydrogen (secondary N) is 2. The largest absolute Gasteiger partial charge is 0.356 e. The van der Waals surface area contributed by atoms with Gasteiger partial charge in [0.05, 0.1) is 0 Å². The monoisotopic (exact) mass is 282 g/mol. The second kappa shape index (κ2) is 11.0. The van der Waals surface area contributed by atoms with Crippen LogP contribution in [0.5, 0.6) is 0 Å². The number of nitrogens with zero attached hydrogens (tertiary/aromatic N) is 2. The molecule has 118 valence electrons. The lowest BCUT2D eigenvalue weighted by Crippen LogP contribution is -2.39. The Hall–Kier alpha value is -0.770. The van der Waals surface area contributed by atoms with Gasteiger partial charge in [-0.1, -0.05) is 19.8 Å². The summed E-state index contributed by atoms with van der Waals surface area (Å²) in [5, 5.41) is 6.74. The summed E-state index contributed by atoms with van der Waals surface area (Å²) in [4.78, 5) is 6.89. The molecule has 2 N–H and O–H groups in total. The third-order valence-electron chi connectivity index (χ3n) is 4.15. The number of piperidine rings is 1. The highest BCUT2D eigenvalue weighted by molar-refractivity contribution is 5.79. The maximum absolute atomic E-state index is 4.24. The van der Waals surface area contributed by atoms with Crippen molar-refractivity contribution in [1.82, 2.24) is 15.5 Å². The number of unbranched alkanes of at least 4 members (excludes halogenated alkanes) is 2. The van der Waals surface area contributed by atoms with Crippen LogP contribution in [0.2, 0.25) is 0 Å². The van der Waals surface area contributed by atoms with E-state index in [1.165, 1.54) is 58.0 Å². The van der Waals surface area contributed by atoms with E-state index in [4.69, 9.17) is 0 Å². The predicted octanol–water partition coefficient (Wildman–Crippen LogP) is 2.61. The number of aliphatic imine (C=N–C) groups is 1. The van der Waals surface area contributed by atoms with Gasteiger partial charge in [-0.15, -0.1) is 0 Å². The summed E-state index contributed by atoms with van der Waals surface area (Å²) in [5.41, 5.74) is 0. The van der Waals surface area contributed by atoms with Gasteiger partial charge in [0.1, 0.15) is 0 Å². The van der Waals surface area contributed by atoms with E-state index in [-0.39, 0.29) is 0 Å². The molecule has 0 spiro atoms. The van der Waals surface area contributed by atoms with Crippen LogP contribution < -0.4 is 10.6 Å². The fraction of sp³-hybridized carbons (Fsp3) is 0.938. The summed E-state index contributed by atoms with van der Waals surface area (Å²) >= 11 is 0. The van der Waals surface area contributed by atoms with E-state index in [9.17, 15) is 0 Å². The Bertz CT molecular complexity index is 265. The van der Waals surface area contributed by atoms with Crippen LogP contribution in [0.15, 0.2) is 4.99 Å². The average molecular weight is 282 g/mol. The summed E-state index contributed by atoms with van der Waals surface area (Å²) in [6.45, 7) is 9.17. The van der Waals surface area contributed by atoms with Crippen LogP contribution >= 0.6 is 0 Å². The van der Waals surface area contributed by atoms with Crippen molar-refractivity contribution in [3.8, 4) is 0 Å². The van der Waals surface area contributed by atoms with Gasteiger partial charge in [0.25, 0.3) is 0 Å². The second-order valence-corrected chi connectivity index (χ2v) is 5.87. The molecule has 4 heteroatoms. The molecule has 1 saturated heterocycles. The maximum atomic E-state index is 4.24. The summed E-state index contributed by atoms with van der Waals surface area (Å²) in [6, 6.07) is 0.792. The Morgan fingerprint density at radius 1 is 1.15 bits per heavy atom. The molecule has 0 aliphatic carbocycles. The first-order valence-electron chi connectivity index (χ1n) is 8.46. The van der Waals surface area contributed by atoms with Crippen molar-refractivity contribution in [3.05, 3.63) is 0 Å². The zero-order valence-corrected chi connectivity index (χ0v) is 13.7. The van der Waals surface area contributed by atoms with Crippen LogP contribution in [0.4, 0.5) is 0 Å². The van der Waals surface area contributed by atoms with E-state index >= 15 is 0 Å². The highest BCUT2D eigenvalue weighted by Crippen LogP contribution is 2.16. The van der Waals surface area contributed by atoms with Crippen molar-refractivity contribution in [3.63, 3.8) is 0 Å². The number of guanidine groups is 1. The molecule has 1 atom stereocenters. The Balaban J connectivity index is 2.02. The first kappa shape index (κ1) is 17.3. The normalized spacial score (nSPS) is 20.9. The maximum Gasteiger partial charge on any atom is 0.190 e. The van der Waals surface area contributed by atoms with Gasteiger partial charge in [0.2, 0.25) is 0 Å². The minimum absolute atomic E-state index is 0.792. The van der Waals surface area contributed by atoms with E-state index in [0.29, 0.717) is 0 Å². The number of rotatable bonds is 8. The standard InChI is InChI=1S/C16H34N4/c1-4-5-11-18-16(17-3)19-12-7-9-14-20-13-8-6-10-15(20)2/h15H,4-14H2,1-3H3,(H2,17,18,19). The van der Waals surface area contributed by atoms with Gasteiger partial charge in [-0.2, -0.15) is 0 Å². The highest BCUT2D eigenvalue weighted by atomic mass is 15.2. The number of hydrogen-bond acceptors (Lipinski definition) is 2. The third-order valence-corrected chi connectivity index (χ3v) is 4.15. The van der Waals surface area contributed by atoms with Gasteiger partial charge in [0, 0.05) is 26.2 Å². The van der Waals surface area contributed by atoms with Crippen LogP contribution in [0, 0.1) is 0 Å². The minimum atomic E-state index is 0.792. The van der Waals surface area contributed by atoms with Crippen LogP contribution in [-0.4, -0.2) is 50.1 Å². The quantitative estimate of drug-likeness (QED) is 0.408. The third kappa shape index (κ3) is 7.13. The molecular weight excluding hydrogens is 248 g/mol. The Morgan fingerprint density at radius 2 is 1.90 bits per heavy atom. The zero-order chi connectivity index (χ0) is 14.6. The fourth-order valence-electron chi connectivity index (χ4n) is 2.74. The van der Waals surface area contributed by atoms with Crippen molar-refractivity contribution in [1.29, 1.82) is 0 Å². The second-order valence-electron chi connectivity index (χ2n) is 5.87. The molecule has 0 aromatic carbocycles. The highest BCUT2D eigenvalue weighted by Gasteiger charge is 2.16. The van der Waals surface area contributed by atoms with E-state index in [2.05, 4.69) is 34.4 Å². The lowest BCUT2D eigenvalue weighted by Gasteiger charge is -2.33. The van der Waals surface area contributed by atoms with Gasteiger partial charge in [0.15, 0.2) is 5.96 Å². The molecule has 1 rings (SSSR count). The van der Waals surface area contributed by atoms with E-state index in [1.54, 1.807) is 0 Å². The zero-order valence-electron chi connectivity index (χ0n) is 13.7. The molecule has 1 unspecified atom stereocenters. The molecule has 0 saturated carbocycles. The molecule has 1 fully saturated rings. The SMILES string of the molecule is CCCCNC(=NC)NCCCCN1CCCCC1C. The molecule has 1 aliphatic rings. The van der Waals surface area contributed by atoms with Gasteiger partial charge in [-0.25, -0.2) is 0 Å². The average Bonchev–Trinajstić information content (AvgIpc) is 2.47. The summed E-state index contributed by atoms with van der Waals surface area (Å²) < 4.78 is 0. The Labute approximate surface area is 125 Å². The smallest absolute Gasteiger partial charge is 0.190 e.